The highest BCUT2D eigenvalue weighted by Gasteiger charge is 2.50. The van der Waals surface area contributed by atoms with Crippen molar-refractivity contribution in [2.24, 2.45) is 11.3 Å². The number of carbonyl (C=O) groups excluding carboxylic acids is 2. The Morgan fingerprint density at radius 2 is 2.12 bits per heavy atom. The zero-order valence-electron chi connectivity index (χ0n) is 9.91. The SMILES string of the molecule is CNC(=O)CN(C)C(=O)C1(C#N)CC(C)C1. The first kappa shape index (κ1) is 12.5. The first-order valence-electron chi connectivity index (χ1n) is 5.32. The zero-order chi connectivity index (χ0) is 12.3. The van der Waals surface area contributed by atoms with E-state index in [1.54, 1.807) is 7.05 Å². The highest BCUT2D eigenvalue weighted by atomic mass is 16.2. The van der Waals surface area contributed by atoms with Crippen molar-refractivity contribution in [1.82, 2.24) is 10.2 Å². The number of nitriles is 1. The minimum Gasteiger partial charge on any atom is -0.358 e. The van der Waals surface area contributed by atoms with Crippen molar-refractivity contribution in [3.05, 3.63) is 0 Å². The first-order valence-corrected chi connectivity index (χ1v) is 5.32. The van der Waals surface area contributed by atoms with Crippen LogP contribution in [0.4, 0.5) is 0 Å². The summed E-state index contributed by atoms with van der Waals surface area (Å²) >= 11 is 0. The fourth-order valence-electron chi connectivity index (χ4n) is 2.18. The van der Waals surface area contributed by atoms with Crippen molar-refractivity contribution in [3.8, 4) is 6.07 Å². The van der Waals surface area contributed by atoms with Crippen molar-refractivity contribution in [2.45, 2.75) is 19.8 Å². The lowest BCUT2D eigenvalue weighted by molar-refractivity contribution is -0.146. The molecular weight excluding hydrogens is 206 g/mol. The van der Waals surface area contributed by atoms with E-state index in [1.807, 2.05) is 6.92 Å². The van der Waals surface area contributed by atoms with Crippen LogP contribution in [0.5, 0.6) is 0 Å². The van der Waals surface area contributed by atoms with Gasteiger partial charge in [-0.1, -0.05) is 6.92 Å². The van der Waals surface area contributed by atoms with Crippen LogP contribution in [0, 0.1) is 22.7 Å². The van der Waals surface area contributed by atoms with Gasteiger partial charge in [-0.3, -0.25) is 9.59 Å². The Hall–Kier alpha value is -1.57. The number of rotatable bonds is 3. The van der Waals surface area contributed by atoms with Crippen LogP contribution in [0.1, 0.15) is 19.8 Å². The topological polar surface area (TPSA) is 73.2 Å². The van der Waals surface area contributed by atoms with Crippen molar-refractivity contribution in [1.29, 1.82) is 5.26 Å². The second kappa shape index (κ2) is 4.52. The lowest BCUT2D eigenvalue weighted by atomic mass is 9.63. The standard InChI is InChI=1S/C11H17N3O2/c1-8-4-11(5-8,7-12)10(16)14(3)6-9(15)13-2/h8H,4-6H2,1-3H3,(H,13,15). The molecule has 0 bridgehead atoms. The van der Waals surface area contributed by atoms with Crippen molar-refractivity contribution < 1.29 is 9.59 Å². The Morgan fingerprint density at radius 1 is 1.56 bits per heavy atom. The molecule has 0 saturated heterocycles. The number of hydrogen-bond donors (Lipinski definition) is 1. The second-order valence-corrected chi connectivity index (χ2v) is 4.54. The Labute approximate surface area is 95.4 Å². The number of hydrogen-bond acceptors (Lipinski definition) is 3. The summed E-state index contributed by atoms with van der Waals surface area (Å²) in [4.78, 5) is 24.5. The minimum absolute atomic E-state index is 0.00709. The number of nitrogens with zero attached hydrogens (tertiary/aromatic N) is 2. The third-order valence-electron chi connectivity index (χ3n) is 3.02. The number of amides is 2. The predicted molar refractivity (Wildman–Crippen MR) is 58.1 cm³/mol. The van der Waals surface area contributed by atoms with E-state index in [0.29, 0.717) is 18.8 Å². The molecule has 16 heavy (non-hydrogen) atoms. The molecule has 1 rings (SSSR count). The van der Waals surface area contributed by atoms with Gasteiger partial charge in [0.15, 0.2) is 0 Å². The molecule has 0 aromatic carbocycles. The maximum Gasteiger partial charge on any atom is 0.243 e. The van der Waals surface area contributed by atoms with Crippen LogP contribution in [-0.4, -0.2) is 37.4 Å². The van der Waals surface area contributed by atoms with Crippen LogP contribution in [0.15, 0.2) is 0 Å². The molecule has 0 atom stereocenters. The van der Waals surface area contributed by atoms with Crippen molar-refractivity contribution >= 4 is 11.8 Å². The third-order valence-corrected chi connectivity index (χ3v) is 3.02. The van der Waals surface area contributed by atoms with Crippen molar-refractivity contribution in [3.63, 3.8) is 0 Å². The average molecular weight is 223 g/mol. The summed E-state index contributed by atoms with van der Waals surface area (Å²) in [7, 11) is 3.08. The van der Waals surface area contributed by atoms with Gasteiger partial charge in [0, 0.05) is 14.1 Å². The maximum atomic E-state index is 12.0. The third kappa shape index (κ3) is 2.16. The molecule has 5 nitrogen and oxygen atoms in total. The van der Waals surface area contributed by atoms with E-state index < -0.39 is 5.41 Å². The van der Waals surface area contributed by atoms with Gasteiger partial charge in [0.05, 0.1) is 12.6 Å². The fraction of sp³-hybridized carbons (Fsp3) is 0.727. The zero-order valence-corrected chi connectivity index (χ0v) is 9.91. The molecule has 1 saturated carbocycles. The van der Waals surface area contributed by atoms with Crippen LogP contribution < -0.4 is 5.32 Å². The fourth-order valence-corrected chi connectivity index (χ4v) is 2.18. The van der Waals surface area contributed by atoms with E-state index in [4.69, 9.17) is 5.26 Å². The van der Waals surface area contributed by atoms with E-state index in [-0.39, 0.29) is 18.4 Å². The molecule has 0 heterocycles. The highest BCUT2D eigenvalue weighted by molar-refractivity contribution is 5.90. The van der Waals surface area contributed by atoms with E-state index in [2.05, 4.69) is 11.4 Å². The molecule has 0 radical (unpaired) electrons. The molecule has 0 spiro atoms. The summed E-state index contributed by atoms with van der Waals surface area (Å²) in [5.74, 6) is -0.0509. The molecule has 0 unspecified atom stereocenters. The van der Waals surface area contributed by atoms with Gasteiger partial charge in [-0.05, 0) is 18.8 Å². The van der Waals surface area contributed by atoms with Crippen molar-refractivity contribution in [2.75, 3.05) is 20.6 Å². The molecule has 1 N–H and O–H groups in total. The Morgan fingerprint density at radius 3 is 2.50 bits per heavy atom. The molecule has 0 aromatic heterocycles. The molecule has 2 amide bonds. The average Bonchev–Trinajstić information content (AvgIpc) is 2.23. The highest BCUT2D eigenvalue weighted by Crippen LogP contribution is 2.45. The Bertz CT molecular complexity index is 340. The molecule has 88 valence electrons. The van der Waals surface area contributed by atoms with Crippen LogP contribution in [0.2, 0.25) is 0 Å². The molecule has 1 aliphatic rings. The molecule has 0 aromatic rings. The number of carbonyl (C=O) groups is 2. The van der Waals surface area contributed by atoms with Gasteiger partial charge in [0.1, 0.15) is 5.41 Å². The van der Waals surface area contributed by atoms with Gasteiger partial charge in [-0.2, -0.15) is 5.26 Å². The first-order chi connectivity index (χ1) is 7.45. The molecule has 1 aliphatic carbocycles. The van der Waals surface area contributed by atoms with Crippen LogP contribution in [0.3, 0.4) is 0 Å². The predicted octanol–water partition coefficient (Wildman–Crippen LogP) is 0.131. The van der Waals surface area contributed by atoms with Crippen LogP contribution in [-0.2, 0) is 9.59 Å². The summed E-state index contributed by atoms with van der Waals surface area (Å²) < 4.78 is 0. The summed E-state index contributed by atoms with van der Waals surface area (Å²) in [5, 5.41) is 11.5. The molecular formula is C11H17N3O2. The monoisotopic (exact) mass is 223 g/mol. The number of nitrogens with one attached hydrogen (secondary N) is 1. The lowest BCUT2D eigenvalue weighted by Crippen LogP contribution is -2.50. The van der Waals surface area contributed by atoms with Gasteiger partial charge >= 0.3 is 0 Å². The van der Waals surface area contributed by atoms with Crippen LogP contribution >= 0.6 is 0 Å². The van der Waals surface area contributed by atoms with Crippen LogP contribution in [0.25, 0.3) is 0 Å². The normalized spacial score (nSPS) is 27.5. The van der Waals surface area contributed by atoms with Gasteiger partial charge in [-0.15, -0.1) is 0 Å². The Balaban J connectivity index is 2.64. The molecule has 5 heteroatoms. The Kier molecular flexibility index (Phi) is 3.53. The quantitative estimate of drug-likeness (QED) is 0.739. The van der Waals surface area contributed by atoms with Gasteiger partial charge in [-0.25, -0.2) is 0 Å². The summed E-state index contributed by atoms with van der Waals surface area (Å²) in [5.41, 5.74) is -0.887. The second-order valence-electron chi connectivity index (χ2n) is 4.54. The van der Waals surface area contributed by atoms with Gasteiger partial charge < -0.3 is 10.2 Å². The lowest BCUT2D eigenvalue weighted by Gasteiger charge is -2.41. The molecule has 0 aliphatic heterocycles. The largest absolute Gasteiger partial charge is 0.358 e. The van der Waals surface area contributed by atoms with E-state index >= 15 is 0 Å². The summed E-state index contributed by atoms with van der Waals surface area (Å²) in [6, 6.07) is 2.09. The van der Waals surface area contributed by atoms with E-state index in [0.717, 1.165) is 0 Å². The summed E-state index contributed by atoms with van der Waals surface area (Å²) in [6.45, 7) is 2.02. The smallest absolute Gasteiger partial charge is 0.243 e. The maximum absolute atomic E-state index is 12.0. The van der Waals surface area contributed by atoms with E-state index in [1.165, 1.54) is 11.9 Å². The van der Waals surface area contributed by atoms with Gasteiger partial charge in [0.2, 0.25) is 11.8 Å². The van der Waals surface area contributed by atoms with Gasteiger partial charge in [0.25, 0.3) is 0 Å². The summed E-state index contributed by atoms with van der Waals surface area (Å²) in [6.07, 6.45) is 1.20. The van der Waals surface area contributed by atoms with E-state index in [9.17, 15) is 9.59 Å². The number of likely N-dealkylation sites (N-methyl/N-ethyl adjacent to an activating group) is 2. The minimum atomic E-state index is -0.887. The molecule has 1 fully saturated rings.